The van der Waals surface area contributed by atoms with Crippen LogP contribution in [-0.2, 0) is 11.3 Å². The maximum atomic E-state index is 9.25. The van der Waals surface area contributed by atoms with Gasteiger partial charge in [-0.05, 0) is 31.2 Å². The van der Waals surface area contributed by atoms with Crippen molar-refractivity contribution in [1.82, 2.24) is 19.9 Å². The average molecular weight is 409 g/mol. The molecule has 0 unspecified atom stereocenters. The second-order valence-electron chi connectivity index (χ2n) is 8.34. The summed E-state index contributed by atoms with van der Waals surface area (Å²) in [6, 6.07) is 8.02. The molecular weight excluding hydrogens is 380 g/mol. The normalized spacial score (nSPS) is 18.7. The first-order valence-electron chi connectivity index (χ1n) is 11.0. The number of aromatic nitrogens is 4. The third-order valence-electron chi connectivity index (χ3n) is 6.41. The Bertz CT molecular complexity index is 967. The molecule has 3 heterocycles. The van der Waals surface area contributed by atoms with Gasteiger partial charge in [0.15, 0.2) is 0 Å². The first-order chi connectivity index (χ1) is 14.8. The Balaban J connectivity index is 1.50. The largest absolute Gasteiger partial charge is 0.392 e. The zero-order valence-corrected chi connectivity index (χ0v) is 17.2. The lowest BCUT2D eigenvalue weighted by Crippen LogP contribution is -2.22. The lowest BCUT2D eigenvalue weighted by atomic mass is 9.91. The number of aliphatic hydroxyl groups excluding tert-OH is 1. The Morgan fingerprint density at radius 1 is 1.00 bits per heavy atom. The SMILES string of the molecule is OCc1ccc(-c2noc(-c3cnn(C4CCCCC4)c3C3CCOCC3)n2)cc1. The van der Waals surface area contributed by atoms with E-state index in [1.807, 2.05) is 30.5 Å². The molecule has 0 radical (unpaired) electrons. The molecule has 1 aromatic carbocycles. The van der Waals surface area contributed by atoms with E-state index in [1.54, 1.807) is 0 Å². The number of aliphatic hydroxyl groups is 1. The highest BCUT2D eigenvalue weighted by atomic mass is 16.5. The van der Waals surface area contributed by atoms with Crippen LogP contribution < -0.4 is 0 Å². The van der Waals surface area contributed by atoms with Gasteiger partial charge in [0.05, 0.1) is 30.1 Å². The van der Waals surface area contributed by atoms with E-state index in [9.17, 15) is 5.11 Å². The number of ether oxygens (including phenoxy) is 1. The molecule has 5 rings (SSSR count). The number of rotatable bonds is 5. The molecule has 1 saturated carbocycles. The van der Waals surface area contributed by atoms with Crippen molar-refractivity contribution in [2.45, 2.75) is 63.5 Å². The second kappa shape index (κ2) is 8.70. The summed E-state index contributed by atoms with van der Waals surface area (Å²) in [4.78, 5) is 4.70. The van der Waals surface area contributed by atoms with E-state index in [0.29, 0.717) is 23.7 Å². The van der Waals surface area contributed by atoms with Crippen LogP contribution in [0, 0.1) is 0 Å². The molecule has 3 aromatic rings. The quantitative estimate of drug-likeness (QED) is 0.669. The molecule has 1 aliphatic heterocycles. The fourth-order valence-electron chi connectivity index (χ4n) is 4.74. The second-order valence-corrected chi connectivity index (χ2v) is 8.34. The van der Waals surface area contributed by atoms with Gasteiger partial charge in [-0.1, -0.05) is 48.7 Å². The summed E-state index contributed by atoms with van der Waals surface area (Å²) in [5, 5.41) is 18.3. The molecule has 0 amide bonds. The van der Waals surface area contributed by atoms with Crippen LogP contribution >= 0.6 is 0 Å². The highest BCUT2D eigenvalue weighted by molar-refractivity contribution is 5.62. The topological polar surface area (TPSA) is 86.2 Å². The molecule has 7 nitrogen and oxygen atoms in total. The summed E-state index contributed by atoms with van der Waals surface area (Å²) in [6.07, 6.45) is 10.1. The van der Waals surface area contributed by atoms with Gasteiger partial charge in [0.1, 0.15) is 0 Å². The Hall–Kier alpha value is -2.51. The first kappa shape index (κ1) is 19.5. The van der Waals surface area contributed by atoms with Gasteiger partial charge in [-0.15, -0.1) is 0 Å². The van der Waals surface area contributed by atoms with E-state index in [1.165, 1.54) is 37.8 Å². The Morgan fingerprint density at radius 2 is 1.77 bits per heavy atom. The zero-order valence-electron chi connectivity index (χ0n) is 17.2. The van der Waals surface area contributed by atoms with Gasteiger partial charge in [-0.25, -0.2) is 0 Å². The highest BCUT2D eigenvalue weighted by Crippen LogP contribution is 2.39. The van der Waals surface area contributed by atoms with Crippen molar-refractivity contribution in [2.24, 2.45) is 0 Å². The third-order valence-corrected chi connectivity index (χ3v) is 6.41. The van der Waals surface area contributed by atoms with Crippen LogP contribution in [0.1, 0.15) is 68.2 Å². The monoisotopic (exact) mass is 408 g/mol. The van der Waals surface area contributed by atoms with Gasteiger partial charge in [0.2, 0.25) is 5.82 Å². The first-order valence-corrected chi connectivity index (χ1v) is 11.0. The van der Waals surface area contributed by atoms with Crippen molar-refractivity contribution in [3.63, 3.8) is 0 Å². The van der Waals surface area contributed by atoms with Gasteiger partial charge in [-0.2, -0.15) is 10.1 Å². The molecule has 158 valence electrons. The molecule has 7 heteroatoms. The molecular formula is C23H28N4O3. The molecule has 1 aliphatic carbocycles. The van der Waals surface area contributed by atoms with Crippen molar-refractivity contribution < 1.29 is 14.4 Å². The molecule has 2 fully saturated rings. The van der Waals surface area contributed by atoms with E-state index in [0.717, 1.165) is 42.7 Å². The molecule has 0 bridgehead atoms. The van der Waals surface area contributed by atoms with Crippen molar-refractivity contribution in [2.75, 3.05) is 13.2 Å². The van der Waals surface area contributed by atoms with Crippen molar-refractivity contribution in [3.05, 3.63) is 41.7 Å². The minimum Gasteiger partial charge on any atom is -0.392 e. The number of benzene rings is 1. The lowest BCUT2D eigenvalue weighted by Gasteiger charge is -2.29. The van der Waals surface area contributed by atoms with Crippen LogP contribution in [0.5, 0.6) is 0 Å². The van der Waals surface area contributed by atoms with Crippen LogP contribution in [0.4, 0.5) is 0 Å². The number of hydrogen-bond acceptors (Lipinski definition) is 6. The van der Waals surface area contributed by atoms with Gasteiger partial charge < -0.3 is 14.4 Å². The summed E-state index contributed by atoms with van der Waals surface area (Å²) in [5.41, 5.74) is 3.92. The van der Waals surface area contributed by atoms with Crippen LogP contribution in [-0.4, -0.2) is 38.2 Å². The molecule has 0 spiro atoms. The van der Waals surface area contributed by atoms with E-state index >= 15 is 0 Å². The molecule has 0 atom stereocenters. The number of nitrogens with zero attached hydrogens (tertiary/aromatic N) is 4. The van der Waals surface area contributed by atoms with E-state index < -0.39 is 0 Å². The minimum atomic E-state index is 0.0204. The van der Waals surface area contributed by atoms with Crippen molar-refractivity contribution >= 4 is 0 Å². The average Bonchev–Trinajstić information content (AvgIpc) is 3.48. The molecule has 1 saturated heterocycles. The molecule has 1 N–H and O–H groups in total. The Morgan fingerprint density at radius 3 is 2.50 bits per heavy atom. The fourth-order valence-corrected chi connectivity index (χ4v) is 4.74. The summed E-state index contributed by atoms with van der Waals surface area (Å²) in [5.74, 6) is 1.48. The van der Waals surface area contributed by atoms with Gasteiger partial charge >= 0.3 is 0 Å². The molecule has 2 aromatic heterocycles. The van der Waals surface area contributed by atoms with Crippen LogP contribution in [0.25, 0.3) is 22.8 Å². The third kappa shape index (κ3) is 3.79. The zero-order chi connectivity index (χ0) is 20.3. The number of hydrogen-bond donors (Lipinski definition) is 1. The maximum Gasteiger partial charge on any atom is 0.261 e. The minimum absolute atomic E-state index is 0.0204. The Labute approximate surface area is 176 Å². The predicted octanol–water partition coefficient (Wildman–Crippen LogP) is 4.49. The summed E-state index contributed by atoms with van der Waals surface area (Å²) in [6.45, 7) is 1.59. The van der Waals surface area contributed by atoms with E-state index in [2.05, 4.69) is 9.84 Å². The molecule has 30 heavy (non-hydrogen) atoms. The Kier molecular flexibility index (Phi) is 5.64. The smallest absolute Gasteiger partial charge is 0.261 e. The highest BCUT2D eigenvalue weighted by Gasteiger charge is 2.30. The van der Waals surface area contributed by atoms with Gasteiger partial charge in [0, 0.05) is 24.7 Å². The fraction of sp³-hybridized carbons (Fsp3) is 0.522. The van der Waals surface area contributed by atoms with Crippen molar-refractivity contribution in [1.29, 1.82) is 0 Å². The van der Waals surface area contributed by atoms with Crippen molar-refractivity contribution in [3.8, 4) is 22.8 Å². The summed E-state index contributed by atoms with van der Waals surface area (Å²) < 4.78 is 13.6. The van der Waals surface area contributed by atoms with E-state index in [-0.39, 0.29) is 6.61 Å². The van der Waals surface area contributed by atoms with E-state index in [4.69, 9.17) is 19.3 Å². The van der Waals surface area contributed by atoms with Gasteiger partial charge in [0.25, 0.3) is 5.89 Å². The van der Waals surface area contributed by atoms with Crippen LogP contribution in [0.15, 0.2) is 35.0 Å². The summed E-state index contributed by atoms with van der Waals surface area (Å²) >= 11 is 0. The summed E-state index contributed by atoms with van der Waals surface area (Å²) in [7, 11) is 0. The molecule has 2 aliphatic rings. The lowest BCUT2D eigenvalue weighted by molar-refractivity contribution is 0.0828. The van der Waals surface area contributed by atoms with Gasteiger partial charge in [-0.3, -0.25) is 4.68 Å². The van der Waals surface area contributed by atoms with Crippen LogP contribution in [0.3, 0.4) is 0 Å². The standard InChI is InChI=1S/C23H28N4O3/c28-15-16-6-8-18(9-7-16)22-25-23(30-26-22)20-14-24-27(19-4-2-1-3-5-19)21(20)17-10-12-29-13-11-17/h6-9,14,17,19,28H,1-5,10-13,15H2. The maximum absolute atomic E-state index is 9.25. The predicted molar refractivity (Wildman–Crippen MR) is 112 cm³/mol. The van der Waals surface area contributed by atoms with Crippen LogP contribution in [0.2, 0.25) is 0 Å².